The van der Waals surface area contributed by atoms with E-state index < -0.39 is 10.0 Å². The van der Waals surface area contributed by atoms with E-state index in [2.05, 4.69) is 30.4 Å². The van der Waals surface area contributed by atoms with Crippen LogP contribution in [0.4, 0.5) is 0 Å². The lowest BCUT2D eigenvalue weighted by Gasteiger charge is -2.04. The van der Waals surface area contributed by atoms with Crippen molar-refractivity contribution in [2.24, 2.45) is 11.4 Å². The maximum absolute atomic E-state index is 12.3. The summed E-state index contributed by atoms with van der Waals surface area (Å²) < 4.78 is 31.8. The van der Waals surface area contributed by atoms with Gasteiger partial charge in [0.1, 0.15) is 4.21 Å². The highest BCUT2D eigenvalue weighted by atomic mass is 32.2. The fraction of sp³-hybridized carbons (Fsp3) is 0.267. The molecule has 0 N–H and O–H groups in total. The van der Waals surface area contributed by atoms with Gasteiger partial charge in [0.15, 0.2) is 0 Å². The van der Waals surface area contributed by atoms with Crippen molar-refractivity contribution in [3.05, 3.63) is 46.1 Å². The normalized spacial score (nSPS) is 13.4. The van der Waals surface area contributed by atoms with Crippen LogP contribution in [0.5, 0.6) is 0 Å². The highest BCUT2D eigenvalue weighted by molar-refractivity contribution is 7.92. The zero-order valence-corrected chi connectivity index (χ0v) is 14.9. The third-order valence-corrected chi connectivity index (χ3v) is 7.30. The van der Waals surface area contributed by atoms with Gasteiger partial charge in [0.2, 0.25) is 4.80 Å². The molecule has 0 fully saturated rings. The molecule has 1 aromatic carbocycles. The number of aryl methyl sites for hydroxylation is 1. The Labute approximate surface area is 137 Å². The molecule has 3 aromatic rings. The smallest absolute Gasteiger partial charge is 0.294 e. The minimum Gasteiger partial charge on any atom is -0.319 e. The zero-order chi connectivity index (χ0) is 15.9. The molecule has 0 unspecified atom stereocenters. The molecule has 2 aromatic heterocycles. The number of thiophene rings is 1. The Morgan fingerprint density at radius 2 is 2.00 bits per heavy atom. The van der Waals surface area contributed by atoms with Gasteiger partial charge in [0.05, 0.1) is 10.2 Å². The molecule has 0 amide bonds. The van der Waals surface area contributed by atoms with Gasteiger partial charge in [-0.1, -0.05) is 37.3 Å². The van der Waals surface area contributed by atoms with Crippen LogP contribution in [0, 0.1) is 0 Å². The fourth-order valence-corrected chi connectivity index (χ4v) is 5.42. The van der Waals surface area contributed by atoms with Crippen molar-refractivity contribution in [2.75, 3.05) is 0 Å². The van der Waals surface area contributed by atoms with Crippen LogP contribution in [-0.4, -0.2) is 13.0 Å². The Morgan fingerprint density at radius 3 is 2.64 bits per heavy atom. The van der Waals surface area contributed by atoms with Crippen molar-refractivity contribution in [1.82, 2.24) is 4.57 Å². The van der Waals surface area contributed by atoms with Gasteiger partial charge in [0, 0.05) is 7.05 Å². The van der Waals surface area contributed by atoms with Crippen molar-refractivity contribution in [1.29, 1.82) is 0 Å². The van der Waals surface area contributed by atoms with Gasteiger partial charge >= 0.3 is 0 Å². The standard InChI is InChI=1S/C15H16N2O2S3/c1-10(2)11-6-7-12-13(9-11)21-15(17(12)3)16-22(18,19)14-5-4-8-20-14/h4-10H,1-3H3. The van der Waals surface area contributed by atoms with E-state index >= 15 is 0 Å². The molecular weight excluding hydrogens is 336 g/mol. The summed E-state index contributed by atoms with van der Waals surface area (Å²) in [4.78, 5) is 0.490. The average molecular weight is 353 g/mol. The second-order valence-electron chi connectivity index (χ2n) is 5.32. The lowest BCUT2D eigenvalue weighted by molar-refractivity contribution is 0.598. The highest BCUT2D eigenvalue weighted by Gasteiger charge is 2.15. The number of rotatable bonds is 3. The molecule has 0 atom stereocenters. The maximum Gasteiger partial charge on any atom is 0.294 e. The molecule has 0 aliphatic rings. The second-order valence-corrected chi connectivity index (χ2v) is 9.11. The number of hydrogen-bond acceptors (Lipinski definition) is 4. The van der Waals surface area contributed by atoms with Crippen LogP contribution in [0.1, 0.15) is 25.3 Å². The van der Waals surface area contributed by atoms with Crippen LogP contribution < -0.4 is 4.80 Å². The first-order valence-electron chi connectivity index (χ1n) is 6.82. The van der Waals surface area contributed by atoms with E-state index in [9.17, 15) is 8.42 Å². The second kappa shape index (κ2) is 5.64. The van der Waals surface area contributed by atoms with Gasteiger partial charge in [-0.3, -0.25) is 0 Å². The third-order valence-electron chi connectivity index (χ3n) is 3.45. The molecular formula is C15H16N2O2S3. The van der Waals surface area contributed by atoms with Gasteiger partial charge < -0.3 is 4.57 Å². The summed E-state index contributed by atoms with van der Waals surface area (Å²) in [5.41, 5.74) is 2.23. The van der Waals surface area contributed by atoms with Crippen molar-refractivity contribution < 1.29 is 8.42 Å². The number of nitrogens with zero attached hydrogens (tertiary/aromatic N) is 2. The number of fused-ring (bicyclic) bond motifs is 1. The van der Waals surface area contributed by atoms with Crippen LogP contribution in [0.3, 0.4) is 0 Å². The van der Waals surface area contributed by atoms with Crippen LogP contribution in [0.15, 0.2) is 44.3 Å². The quantitative estimate of drug-likeness (QED) is 0.721. The van der Waals surface area contributed by atoms with Gasteiger partial charge in [-0.2, -0.15) is 8.42 Å². The third kappa shape index (κ3) is 2.76. The number of hydrogen-bond donors (Lipinski definition) is 0. The summed E-state index contributed by atoms with van der Waals surface area (Å²) in [5.74, 6) is 0.437. The van der Waals surface area contributed by atoms with Gasteiger partial charge in [0.25, 0.3) is 10.0 Å². The summed E-state index contributed by atoms with van der Waals surface area (Å²) in [5, 5.41) is 1.74. The average Bonchev–Trinajstić information content (AvgIpc) is 3.08. The van der Waals surface area contributed by atoms with E-state index in [1.54, 1.807) is 17.5 Å². The van der Waals surface area contributed by atoms with Crippen LogP contribution in [0.25, 0.3) is 10.2 Å². The molecule has 2 heterocycles. The Balaban J connectivity index is 2.20. The van der Waals surface area contributed by atoms with Crippen LogP contribution in [-0.2, 0) is 17.1 Å². The topological polar surface area (TPSA) is 51.4 Å². The van der Waals surface area contributed by atoms with Gasteiger partial charge in [-0.05, 0) is 35.1 Å². The summed E-state index contributed by atoms with van der Waals surface area (Å²) in [6.45, 7) is 4.28. The molecule has 0 aliphatic heterocycles. The highest BCUT2D eigenvalue weighted by Crippen LogP contribution is 2.24. The Bertz CT molecular complexity index is 978. The van der Waals surface area contributed by atoms with Crippen molar-refractivity contribution in [3.8, 4) is 0 Å². The number of aromatic nitrogens is 1. The largest absolute Gasteiger partial charge is 0.319 e. The first-order valence-corrected chi connectivity index (χ1v) is 9.96. The molecule has 0 saturated carbocycles. The van der Waals surface area contributed by atoms with E-state index in [-0.39, 0.29) is 4.21 Å². The van der Waals surface area contributed by atoms with E-state index in [0.717, 1.165) is 10.2 Å². The van der Waals surface area contributed by atoms with E-state index in [0.29, 0.717) is 10.7 Å². The SMILES string of the molecule is CC(C)c1ccc2c(c1)sc(=NS(=O)(=O)c1cccs1)n2C. The predicted molar refractivity (Wildman–Crippen MR) is 92.0 cm³/mol. The van der Waals surface area contributed by atoms with Crippen molar-refractivity contribution in [2.45, 2.75) is 24.0 Å². The van der Waals surface area contributed by atoms with E-state index in [1.807, 2.05) is 17.7 Å². The first kappa shape index (κ1) is 15.5. The Kier molecular flexibility index (Phi) is 3.96. The summed E-state index contributed by atoms with van der Waals surface area (Å²) in [6.07, 6.45) is 0. The summed E-state index contributed by atoms with van der Waals surface area (Å²) in [6, 6.07) is 9.51. The summed E-state index contributed by atoms with van der Waals surface area (Å²) >= 11 is 2.58. The maximum atomic E-state index is 12.3. The molecule has 4 nitrogen and oxygen atoms in total. The summed E-state index contributed by atoms with van der Waals surface area (Å²) in [7, 11) is -1.79. The van der Waals surface area contributed by atoms with Gasteiger partial charge in [-0.25, -0.2) is 0 Å². The molecule has 0 spiro atoms. The van der Waals surface area contributed by atoms with E-state index in [4.69, 9.17) is 0 Å². The molecule has 0 radical (unpaired) electrons. The zero-order valence-electron chi connectivity index (χ0n) is 12.5. The molecule has 0 saturated heterocycles. The predicted octanol–water partition coefficient (Wildman–Crippen LogP) is 3.71. The molecule has 0 bridgehead atoms. The van der Waals surface area contributed by atoms with Crippen molar-refractivity contribution >= 4 is 42.9 Å². The molecule has 22 heavy (non-hydrogen) atoms. The van der Waals surface area contributed by atoms with Crippen molar-refractivity contribution in [3.63, 3.8) is 0 Å². The fourth-order valence-electron chi connectivity index (χ4n) is 2.16. The number of thiazole rings is 1. The first-order chi connectivity index (χ1) is 10.4. The lowest BCUT2D eigenvalue weighted by Crippen LogP contribution is -2.13. The molecule has 3 rings (SSSR count). The van der Waals surface area contributed by atoms with E-state index in [1.165, 1.54) is 28.2 Å². The molecule has 116 valence electrons. The number of benzene rings is 1. The Morgan fingerprint density at radius 1 is 1.23 bits per heavy atom. The van der Waals surface area contributed by atoms with Crippen LogP contribution in [0.2, 0.25) is 0 Å². The monoisotopic (exact) mass is 352 g/mol. The minimum atomic E-state index is -3.63. The molecule has 7 heteroatoms. The minimum absolute atomic E-state index is 0.271. The van der Waals surface area contributed by atoms with Gasteiger partial charge in [-0.15, -0.1) is 15.7 Å². The molecule has 0 aliphatic carbocycles. The lowest BCUT2D eigenvalue weighted by atomic mass is 10.0. The Hall–Kier alpha value is -1.44. The number of sulfonamides is 1. The van der Waals surface area contributed by atoms with Crippen LogP contribution >= 0.6 is 22.7 Å².